The fraction of sp³-hybridized carbons (Fsp3) is 0.833. The van der Waals surface area contributed by atoms with E-state index in [-0.39, 0.29) is 5.41 Å². The van der Waals surface area contributed by atoms with Gasteiger partial charge in [-0.3, -0.25) is 0 Å². The largest absolute Gasteiger partial charge is 0.339 e. The van der Waals surface area contributed by atoms with Gasteiger partial charge in [-0.15, -0.1) is 0 Å². The summed E-state index contributed by atoms with van der Waals surface area (Å²) < 4.78 is 5.19. The van der Waals surface area contributed by atoms with Gasteiger partial charge in [0.2, 0.25) is 5.89 Å². The molecule has 3 heteroatoms. The minimum absolute atomic E-state index is 0.0737. The van der Waals surface area contributed by atoms with Gasteiger partial charge >= 0.3 is 0 Å². The summed E-state index contributed by atoms with van der Waals surface area (Å²) in [5, 5.41) is 3.69. The maximum Gasteiger partial charge on any atom is 0.232 e. The zero-order valence-corrected chi connectivity index (χ0v) is 10.1. The summed E-state index contributed by atoms with van der Waals surface area (Å²) in [6.45, 7) is 6.63. The van der Waals surface area contributed by atoms with E-state index in [1.807, 2.05) is 0 Å². The third kappa shape index (κ3) is 3.33. The average Bonchev–Trinajstić information content (AvgIpc) is 2.78. The van der Waals surface area contributed by atoms with Gasteiger partial charge in [0.05, 0.1) is 0 Å². The Kier molecular flexibility index (Phi) is 4.79. The predicted molar refractivity (Wildman–Crippen MR) is 60.7 cm³/mol. The molecule has 0 amide bonds. The number of hydrogen-bond acceptors (Lipinski definition) is 3. The van der Waals surface area contributed by atoms with Gasteiger partial charge in [0.1, 0.15) is 0 Å². The summed E-state index contributed by atoms with van der Waals surface area (Å²) in [5.41, 5.74) is 0.0737. The number of nitrogens with zero attached hydrogens (tertiary/aromatic N) is 2. The summed E-state index contributed by atoms with van der Waals surface area (Å²) >= 11 is 0. The molecule has 0 N–H and O–H groups in total. The van der Waals surface area contributed by atoms with Crippen LogP contribution in [0.4, 0.5) is 0 Å². The van der Waals surface area contributed by atoms with Crippen LogP contribution >= 0.6 is 0 Å². The first-order chi connectivity index (χ1) is 7.23. The van der Waals surface area contributed by atoms with Crippen molar-refractivity contribution in [2.75, 3.05) is 0 Å². The third-order valence-corrected chi connectivity index (χ3v) is 3.24. The van der Waals surface area contributed by atoms with Crippen LogP contribution in [0.5, 0.6) is 0 Å². The van der Waals surface area contributed by atoms with Crippen molar-refractivity contribution in [3.63, 3.8) is 0 Å². The van der Waals surface area contributed by atoms with Crippen molar-refractivity contribution in [1.29, 1.82) is 0 Å². The monoisotopic (exact) mass is 210 g/mol. The molecule has 1 unspecified atom stereocenters. The minimum atomic E-state index is 0.0737. The van der Waals surface area contributed by atoms with Gasteiger partial charge in [-0.05, 0) is 12.8 Å². The van der Waals surface area contributed by atoms with Crippen molar-refractivity contribution in [2.24, 2.45) is 0 Å². The van der Waals surface area contributed by atoms with Gasteiger partial charge in [-0.1, -0.05) is 51.6 Å². The summed E-state index contributed by atoms with van der Waals surface area (Å²) in [5.74, 6) is 0.793. The molecule has 86 valence electrons. The maximum absolute atomic E-state index is 5.19. The first kappa shape index (κ1) is 12.2. The summed E-state index contributed by atoms with van der Waals surface area (Å²) in [6, 6.07) is 0. The Morgan fingerprint density at radius 2 is 2.07 bits per heavy atom. The van der Waals surface area contributed by atoms with E-state index in [1.165, 1.54) is 32.0 Å². The van der Waals surface area contributed by atoms with E-state index >= 15 is 0 Å². The first-order valence-corrected chi connectivity index (χ1v) is 6.00. The van der Waals surface area contributed by atoms with Crippen LogP contribution in [0.3, 0.4) is 0 Å². The third-order valence-electron chi connectivity index (χ3n) is 3.24. The minimum Gasteiger partial charge on any atom is -0.339 e. The fourth-order valence-corrected chi connectivity index (χ4v) is 1.82. The SMILES string of the molecule is CCCCCCC(C)(CC)c1ncno1. The van der Waals surface area contributed by atoms with Gasteiger partial charge in [0.15, 0.2) is 6.33 Å². The summed E-state index contributed by atoms with van der Waals surface area (Å²) in [7, 11) is 0. The topological polar surface area (TPSA) is 38.9 Å². The molecule has 0 aromatic carbocycles. The van der Waals surface area contributed by atoms with Crippen LogP contribution in [0, 0.1) is 0 Å². The van der Waals surface area contributed by atoms with E-state index in [2.05, 4.69) is 30.9 Å². The van der Waals surface area contributed by atoms with E-state index < -0.39 is 0 Å². The number of rotatable bonds is 7. The van der Waals surface area contributed by atoms with Gasteiger partial charge < -0.3 is 4.52 Å². The van der Waals surface area contributed by atoms with Crippen LogP contribution < -0.4 is 0 Å². The lowest BCUT2D eigenvalue weighted by molar-refractivity contribution is 0.267. The molecule has 0 aliphatic heterocycles. The highest BCUT2D eigenvalue weighted by Gasteiger charge is 2.29. The second kappa shape index (κ2) is 5.89. The van der Waals surface area contributed by atoms with Crippen molar-refractivity contribution in [1.82, 2.24) is 10.1 Å². The Morgan fingerprint density at radius 1 is 1.27 bits per heavy atom. The van der Waals surface area contributed by atoms with Crippen molar-refractivity contribution in [3.8, 4) is 0 Å². The highest BCUT2D eigenvalue weighted by molar-refractivity contribution is 4.99. The van der Waals surface area contributed by atoms with Gasteiger partial charge in [0, 0.05) is 5.41 Å². The van der Waals surface area contributed by atoms with Crippen LogP contribution in [0.1, 0.15) is 65.2 Å². The van der Waals surface area contributed by atoms with E-state index in [0.29, 0.717) is 0 Å². The molecule has 0 aliphatic rings. The Morgan fingerprint density at radius 3 is 2.60 bits per heavy atom. The summed E-state index contributed by atoms with van der Waals surface area (Å²) in [4.78, 5) is 4.18. The van der Waals surface area contributed by atoms with Crippen molar-refractivity contribution in [2.45, 2.75) is 64.7 Å². The zero-order chi connectivity index (χ0) is 11.1. The molecule has 1 rings (SSSR count). The molecule has 1 atom stereocenters. The lowest BCUT2D eigenvalue weighted by atomic mass is 9.82. The van der Waals surface area contributed by atoms with Gasteiger partial charge in [0.25, 0.3) is 0 Å². The second-order valence-corrected chi connectivity index (χ2v) is 4.47. The molecule has 0 spiro atoms. The molecule has 0 bridgehead atoms. The average molecular weight is 210 g/mol. The second-order valence-electron chi connectivity index (χ2n) is 4.47. The molecule has 0 saturated heterocycles. The fourth-order valence-electron chi connectivity index (χ4n) is 1.82. The van der Waals surface area contributed by atoms with E-state index in [9.17, 15) is 0 Å². The molecular weight excluding hydrogens is 188 g/mol. The standard InChI is InChI=1S/C12H22N2O/c1-4-6-7-8-9-12(3,5-2)11-13-10-14-15-11/h10H,4-9H2,1-3H3. The number of aromatic nitrogens is 2. The van der Waals surface area contributed by atoms with Crippen LogP contribution in [-0.2, 0) is 5.41 Å². The Balaban J connectivity index is 2.46. The van der Waals surface area contributed by atoms with Gasteiger partial charge in [-0.25, -0.2) is 0 Å². The molecule has 15 heavy (non-hydrogen) atoms. The molecule has 1 heterocycles. The highest BCUT2D eigenvalue weighted by Crippen LogP contribution is 2.31. The Hall–Kier alpha value is -0.860. The van der Waals surface area contributed by atoms with Crippen molar-refractivity contribution < 1.29 is 4.52 Å². The van der Waals surface area contributed by atoms with E-state index in [0.717, 1.165) is 18.7 Å². The zero-order valence-electron chi connectivity index (χ0n) is 10.1. The Labute approximate surface area is 92.3 Å². The first-order valence-electron chi connectivity index (χ1n) is 6.00. The van der Waals surface area contributed by atoms with Crippen molar-refractivity contribution in [3.05, 3.63) is 12.2 Å². The molecule has 0 aliphatic carbocycles. The Bertz CT molecular complexity index is 259. The lowest BCUT2D eigenvalue weighted by Gasteiger charge is -2.23. The van der Waals surface area contributed by atoms with Crippen LogP contribution in [0.2, 0.25) is 0 Å². The number of unbranched alkanes of at least 4 members (excludes halogenated alkanes) is 3. The summed E-state index contributed by atoms with van der Waals surface area (Å²) in [6.07, 6.45) is 8.86. The molecule has 1 aromatic rings. The molecule has 0 saturated carbocycles. The smallest absolute Gasteiger partial charge is 0.232 e. The van der Waals surface area contributed by atoms with E-state index in [1.54, 1.807) is 0 Å². The van der Waals surface area contributed by atoms with Gasteiger partial charge in [-0.2, -0.15) is 4.98 Å². The highest BCUT2D eigenvalue weighted by atomic mass is 16.5. The van der Waals surface area contributed by atoms with E-state index in [4.69, 9.17) is 4.52 Å². The van der Waals surface area contributed by atoms with Crippen LogP contribution in [0.25, 0.3) is 0 Å². The normalized spacial score (nSPS) is 15.1. The van der Waals surface area contributed by atoms with Crippen LogP contribution in [-0.4, -0.2) is 10.1 Å². The maximum atomic E-state index is 5.19. The quantitative estimate of drug-likeness (QED) is 0.644. The molecule has 1 aromatic heterocycles. The molecule has 3 nitrogen and oxygen atoms in total. The lowest BCUT2D eigenvalue weighted by Crippen LogP contribution is -2.21. The predicted octanol–water partition coefficient (Wildman–Crippen LogP) is 3.71. The molecule has 0 radical (unpaired) electrons. The van der Waals surface area contributed by atoms with Crippen molar-refractivity contribution >= 4 is 0 Å². The molecular formula is C12H22N2O. The number of hydrogen-bond donors (Lipinski definition) is 0. The van der Waals surface area contributed by atoms with Crippen LogP contribution in [0.15, 0.2) is 10.9 Å². The molecule has 0 fully saturated rings.